The molecule has 0 bridgehead atoms. The predicted molar refractivity (Wildman–Crippen MR) is 378 cm³/mol. The summed E-state index contributed by atoms with van der Waals surface area (Å²) in [5.41, 5.74) is 0. The molecule has 3 aliphatic rings. The van der Waals surface area contributed by atoms with Crippen LogP contribution < -0.4 is 5.32 Å². The SMILES string of the molecule is CC/C=C\C/C=C\C/C=C\C/C=C\C/C=C\C/C=C\C/C=C\C/C=C\C/C=C\CCCCCCCCCCCC(=O)NC(COC1OC(CO)C(OC2OC(CO)C(OC3OC(CO)C(O)C(O)C3O)C(O)C2O)C(O)C1O)C(O)CCCCCCCCCCCCCCCC. The number of hydrogen-bond donors (Lipinski definition) is 12. The van der Waals surface area contributed by atoms with Gasteiger partial charge in [0.25, 0.3) is 0 Å². The lowest BCUT2D eigenvalue weighted by Crippen LogP contribution is -2.66. The molecule has 0 aromatic heterocycles. The quantitative estimate of drug-likeness (QED) is 0.0199. The van der Waals surface area contributed by atoms with Crippen LogP contribution in [0.4, 0.5) is 0 Å². The van der Waals surface area contributed by atoms with Crippen LogP contribution in [0.15, 0.2) is 109 Å². The summed E-state index contributed by atoms with van der Waals surface area (Å²) in [6.07, 6.45) is 50.3. The highest BCUT2D eigenvalue weighted by Crippen LogP contribution is 2.33. The van der Waals surface area contributed by atoms with Crippen molar-refractivity contribution in [2.24, 2.45) is 0 Å². The Morgan fingerprint density at radius 3 is 1.12 bits per heavy atom. The van der Waals surface area contributed by atoms with Crippen molar-refractivity contribution in [3.8, 4) is 0 Å². The first-order valence-corrected chi connectivity index (χ1v) is 37.1. The Balaban J connectivity index is 1.35. The molecule has 3 aliphatic heterocycles. The van der Waals surface area contributed by atoms with Crippen molar-refractivity contribution in [2.75, 3.05) is 26.4 Å². The van der Waals surface area contributed by atoms with Gasteiger partial charge in [-0.3, -0.25) is 4.79 Å². The van der Waals surface area contributed by atoms with Crippen LogP contribution >= 0.6 is 0 Å². The van der Waals surface area contributed by atoms with E-state index in [0.29, 0.717) is 12.8 Å². The van der Waals surface area contributed by atoms with Gasteiger partial charge < -0.3 is 89.9 Å². The second kappa shape index (κ2) is 57.1. The van der Waals surface area contributed by atoms with Crippen LogP contribution in [0.3, 0.4) is 0 Å². The molecule has 17 unspecified atom stereocenters. The third kappa shape index (κ3) is 37.8. The first kappa shape index (κ1) is 86.7. The number of carbonyl (C=O) groups excluding carboxylic acids is 1. The Bertz CT molecular complexity index is 2160. The van der Waals surface area contributed by atoms with E-state index in [9.17, 15) is 61.0 Å². The molecule has 552 valence electrons. The summed E-state index contributed by atoms with van der Waals surface area (Å²) in [6.45, 7) is 1.67. The first-order valence-electron chi connectivity index (χ1n) is 37.1. The van der Waals surface area contributed by atoms with Gasteiger partial charge in [-0.1, -0.05) is 258 Å². The van der Waals surface area contributed by atoms with E-state index < -0.39 is 124 Å². The molecule has 3 rings (SSSR count). The van der Waals surface area contributed by atoms with Crippen molar-refractivity contribution in [1.82, 2.24) is 5.32 Å². The van der Waals surface area contributed by atoms with E-state index >= 15 is 0 Å². The number of nitrogens with one attached hydrogen (secondary N) is 1. The zero-order valence-electron chi connectivity index (χ0n) is 58.6. The summed E-state index contributed by atoms with van der Waals surface area (Å²) >= 11 is 0. The van der Waals surface area contributed by atoms with Gasteiger partial charge >= 0.3 is 0 Å². The average Bonchev–Trinajstić information content (AvgIpc) is 0.787. The van der Waals surface area contributed by atoms with Crippen molar-refractivity contribution in [2.45, 2.75) is 343 Å². The summed E-state index contributed by atoms with van der Waals surface area (Å²) in [4.78, 5) is 13.4. The molecule has 0 radical (unpaired) electrons. The fourth-order valence-corrected chi connectivity index (χ4v) is 11.9. The third-order valence-corrected chi connectivity index (χ3v) is 17.9. The van der Waals surface area contributed by atoms with E-state index in [1.807, 2.05) is 0 Å². The van der Waals surface area contributed by atoms with Crippen LogP contribution in [0.25, 0.3) is 0 Å². The number of unbranched alkanes of at least 4 members (excludes halogenated alkanes) is 22. The lowest BCUT2D eigenvalue weighted by Gasteiger charge is -2.48. The molecule has 3 fully saturated rings. The van der Waals surface area contributed by atoms with E-state index in [1.54, 1.807) is 0 Å². The van der Waals surface area contributed by atoms with Crippen LogP contribution in [-0.4, -0.2) is 193 Å². The Morgan fingerprint density at radius 2 is 0.719 bits per heavy atom. The van der Waals surface area contributed by atoms with Gasteiger partial charge in [0, 0.05) is 6.42 Å². The van der Waals surface area contributed by atoms with E-state index in [2.05, 4.69) is 129 Å². The van der Waals surface area contributed by atoms with Crippen molar-refractivity contribution in [3.05, 3.63) is 109 Å². The molecule has 0 spiro atoms. The van der Waals surface area contributed by atoms with Gasteiger partial charge in [0.2, 0.25) is 5.91 Å². The molecule has 19 nitrogen and oxygen atoms in total. The number of allylic oxidation sites excluding steroid dienone is 18. The minimum absolute atomic E-state index is 0.253. The lowest BCUT2D eigenvalue weighted by atomic mass is 9.96. The van der Waals surface area contributed by atoms with Crippen molar-refractivity contribution in [3.63, 3.8) is 0 Å². The molecule has 17 atom stereocenters. The van der Waals surface area contributed by atoms with Crippen LogP contribution in [-0.2, 0) is 33.2 Å². The maximum Gasteiger partial charge on any atom is 0.220 e. The van der Waals surface area contributed by atoms with Crippen LogP contribution in [0.1, 0.15) is 239 Å². The fourth-order valence-electron chi connectivity index (χ4n) is 11.9. The van der Waals surface area contributed by atoms with Gasteiger partial charge in [-0.15, -0.1) is 0 Å². The molecular weight excluding hydrogens is 1230 g/mol. The Labute approximate surface area is 576 Å². The van der Waals surface area contributed by atoms with Gasteiger partial charge in [-0.2, -0.15) is 0 Å². The summed E-state index contributed by atoms with van der Waals surface area (Å²) in [5, 5.41) is 121. The van der Waals surface area contributed by atoms with Crippen molar-refractivity contribution in [1.29, 1.82) is 0 Å². The number of aliphatic hydroxyl groups is 11. The number of ether oxygens (including phenoxy) is 6. The molecule has 19 heteroatoms. The number of hydrogen-bond acceptors (Lipinski definition) is 18. The van der Waals surface area contributed by atoms with Gasteiger partial charge in [-0.25, -0.2) is 0 Å². The van der Waals surface area contributed by atoms with Crippen LogP contribution in [0.2, 0.25) is 0 Å². The van der Waals surface area contributed by atoms with Crippen LogP contribution in [0.5, 0.6) is 0 Å². The maximum atomic E-state index is 13.4. The monoisotopic (exact) mass is 1360 g/mol. The van der Waals surface area contributed by atoms with E-state index in [0.717, 1.165) is 116 Å². The second-order valence-corrected chi connectivity index (χ2v) is 26.0. The van der Waals surface area contributed by atoms with Gasteiger partial charge in [-0.05, 0) is 83.5 Å². The molecule has 96 heavy (non-hydrogen) atoms. The van der Waals surface area contributed by atoms with Crippen molar-refractivity contribution < 1.29 is 89.4 Å². The molecule has 1 amide bonds. The Kier molecular flexibility index (Phi) is 51.6. The smallest absolute Gasteiger partial charge is 0.220 e. The minimum atomic E-state index is -1.98. The molecule has 0 aliphatic carbocycles. The topological polar surface area (TPSA) is 307 Å². The zero-order chi connectivity index (χ0) is 69.6. The molecular formula is C77H131NO18. The number of carbonyl (C=O) groups is 1. The predicted octanol–water partition coefficient (Wildman–Crippen LogP) is 11.0. The summed E-state index contributed by atoms with van der Waals surface area (Å²) in [5.74, 6) is -0.253. The third-order valence-electron chi connectivity index (χ3n) is 17.9. The highest BCUT2D eigenvalue weighted by atomic mass is 16.8. The number of rotatable bonds is 56. The molecule has 3 saturated heterocycles. The lowest BCUT2D eigenvalue weighted by molar-refractivity contribution is -0.379. The highest BCUT2D eigenvalue weighted by molar-refractivity contribution is 5.76. The molecule has 12 N–H and O–H groups in total. The number of aliphatic hydroxyl groups excluding tert-OH is 11. The van der Waals surface area contributed by atoms with Gasteiger partial charge in [0.15, 0.2) is 18.9 Å². The summed E-state index contributed by atoms with van der Waals surface area (Å²) < 4.78 is 34.4. The second-order valence-electron chi connectivity index (χ2n) is 26.0. The van der Waals surface area contributed by atoms with E-state index in [-0.39, 0.29) is 18.9 Å². The normalized spacial score (nSPS) is 27.7. The Hall–Kier alpha value is -3.55. The molecule has 0 aromatic rings. The molecule has 0 aromatic carbocycles. The maximum absolute atomic E-state index is 13.4. The largest absolute Gasteiger partial charge is 0.394 e. The standard InChI is InChI=1S/C77H131NO18/c1-3-5-7-9-11-13-15-17-19-20-21-22-23-24-25-26-27-28-29-30-31-32-33-34-35-36-37-38-39-40-41-43-45-47-49-51-53-55-65(83)78-60(61(82)54-52-50-48-46-44-42-18-16-14-12-10-8-6-4-2)59-91-75-71(89)68(86)73(63(57-80)93-75)96-77-72(90)69(87)74(64(58-81)94-77)95-76-70(88)67(85)66(84)62(56-79)92-76/h5,7,11,13,17,19,21-22,24-25,27-28,30-31,33-34,36-37,60-64,66-77,79-82,84-90H,3-4,6,8-10,12,14-16,18,20,23,26,29,32,35,38-59H2,1-2H3,(H,78,83)/b7-5-,13-11-,19-17-,22-21-,25-24-,28-27-,31-30-,34-33-,37-36-. The zero-order valence-corrected chi connectivity index (χ0v) is 58.6. The highest BCUT2D eigenvalue weighted by Gasteiger charge is 2.53. The van der Waals surface area contributed by atoms with Gasteiger partial charge in [0.05, 0.1) is 38.6 Å². The number of amides is 1. The Morgan fingerprint density at radius 1 is 0.385 bits per heavy atom. The fraction of sp³-hybridized carbons (Fsp3) is 0.753. The first-order chi connectivity index (χ1) is 46.8. The van der Waals surface area contributed by atoms with Crippen molar-refractivity contribution >= 4 is 5.91 Å². The average molecular weight is 1360 g/mol. The summed E-state index contributed by atoms with van der Waals surface area (Å²) in [7, 11) is 0. The van der Waals surface area contributed by atoms with E-state index in [4.69, 9.17) is 28.4 Å². The molecule has 3 heterocycles. The van der Waals surface area contributed by atoms with Gasteiger partial charge in [0.1, 0.15) is 73.2 Å². The van der Waals surface area contributed by atoms with Crippen LogP contribution in [0, 0.1) is 0 Å². The van der Waals surface area contributed by atoms with E-state index in [1.165, 1.54) is 89.9 Å². The molecule has 0 saturated carbocycles. The summed E-state index contributed by atoms with van der Waals surface area (Å²) in [6, 6.07) is -0.897. The minimum Gasteiger partial charge on any atom is -0.394 e.